The molecule has 0 amide bonds. The van der Waals surface area contributed by atoms with Gasteiger partial charge >= 0.3 is 0 Å². The molecule has 21 heavy (non-hydrogen) atoms. The second-order valence-corrected chi connectivity index (χ2v) is 7.63. The van der Waals surface area contributed by atoms with Crippen molar-refractivity contribution in [2.75, 3.05) is 19.6 Å². The second-order valence-electron chi connectivity index (χ2n) is 7.63. The molecule has 0 aromatic rings. The van der Waals surface area contributed by atoms with E-state index in [0.717, 1.165) is 19.0 Å². The van der Waals surface area contributed by atoms with E-state index in [0.29, 0.717) is 12.1 Å². The lowest BCUT2D eigenvalue weighted by Gasteiger charge is -2.42. The van der Waals surface area contributed by atoms with E-state index in [1.54, 1.807) is 0 Å². The largest absolute Gasteiger partial charge is 0.370 e. The van der Waals surface area contributed by atoms with Crippen molar-refractivity contribution in [3.05, 3.63) is 0 Å². The van der Waals surface area contributed by atoms with Gasteiger partial charge in [0.2, 0.25) is 0 Å². The normalized spacial score (nSPS) is 37.1. The third-order valence-electron chi connectivity index (χ3n) is 6.34. The van der Waals surface area contributed by atoms with Crippen molar-refractivity contribution in [1.82, 2.24) is 4.90 Å². The van der Waals surface area contributed by atoms with E-state index in [4.69, 9.17) is 10.5 Å². The summed E-state index contributed by atoms with van der Waals surface area (Å²) in [4.78, 5) is 2.66. The van der Waals surface area contributed by atoms with Gasteiger partial charge in [-0.05, 0) is 51.0 Å². The number of nitrogens with two attached hydrogens (primary N) is 1. The van der Waals surface area contributed by atoms with Crippen LogP contribution in [0.3, 0.4) is 0 Å². The standard InChI is InChI=1S/C18H34N2O/c1-2-15-7-6-12-20(17(15)13-19)14-16-8-11-18(21-16)9-4-3-5-10-18/h15-17H,2-14,19H2,1H3. The van der Waals surface area contributed by atoms with Gasteiger partial charge in [0.25, 0.3) is 0 Å². The summed E-state index contributed by atoms with van der Waals surface area (Å²) in [6, 6.07) is 0.593. The average Bonchev–Trinajstić information content (AvgIpc) is 2.90. The summed E-state index contributed by atoms with van der Waals surface area (Å²) in [5.74, 6) is 0.800. The third kappa shape index (κ3) is 3.46. The Hall–Kier alpha value is -0.120. The quantitative estimate of drug-likeness (QED) is 0.864. The van der Waals surface area contributed by atoms with Crippen LogP contribution in [0.2, 0.25) is 0 Å². The number of nitrogens with zero attached hydrogens (tertiary/aromatic N) is 1. The molecule has 0 radical (unpaired) electrons. The van der Waals surface area contributed by atoms with Crippen LogP contribution in [0.1, 0.15) is 71.1 Å². The van der Waals surface area contributed by atoms with Crippen LogP contribution in [0.25, 0.3) is 0 Å². The highest BCUT2D eigenvalue weighted by molar-refractivity contribution is 4.93. The molecule has 0 aromatic carbocycles. The Bertz CT molecular complexity index is 327. The molecule has 2 aliphatic heterocycles. The molecule has 2 saturated heterocycles. The highest BCUT2D eigenvalue weighted by atomic mass is 16.5. The minimum absolute atomic E-state index is 0.265. The number of hydrogen-bond donors (Lipinski definition) is 1. The van der Waals surface area contributed by atoms with Gasteiger partial charge in [0.15, 0.2) is 0 Å². The monoisotopic (exact) mass is 294 g/mol. The molecule has 1 aliphatic carbocycles. The molecule has 3 fully saturated rings. The average molecular weight is 294 g/mol. The Morgan fingerprint density at radius 1 is 1.10 bits per heavy atom. The summed E-state index contributed by atoms with van der Waals surface area (Å²) in [7, 11) is 0. The van der Waals surface area contributed by atoms with Gasteiger partial charge in [-0.2, -0.15) is 0 Å². The maximum absolute atomic E-state index is 6.57. The van der Waals surface area contributed by atoms with Gasteiger partial charge in [-0.15, -0.1) is 0 Å². The predicted molar refractivity (Wildman–Crippen MR) is 87.4 cm³/mol. The number of ether oxygens (including phenoxy) is 1. The Labute approximate surface area is 130 Å². The van der Waals surface area contributed by atoms with Crippen LogP contribution in [-0.4, -0.2) is 42.3 Å². The van der Waals surface area contributed by atoms with Crippen LogP contribution in [0.5, 0.6) is 0 Å². The highest BCUT2D eigenvalue weighted by Gasteiger charge is 2.42. The molecule has 3 rings (SSSR count). The lowest BCUT2D eigenvalue weighted by Crippen LogP contribution is -2.51. The molecule has 0 aromatic heterocycles. The number of likely N-dealkylation sites (tertiary alicyclic amines) is 1. The topological polar surface area (TPSA) is 38.5 Å². The minimum Gasteiger partial charge on any atom is -0.370 e. The lowest BCUT2D eigenvalue weighted by atomic mass is 9.83. The van der Waals surface area contributed by atoms with Gasteiger partial charge in [0.1, 0.15) is 0 Å². The first kappa shape index (κ1) is 15.8. The fourth-order valence-corrected chi connectivity index (χ4v) is 5.11. The Morgan fingerprint density at radius 2 is 1.90 bits per heavy atom. The number of piperidine rings is 1. The molecule has 1 spiro atoms. The molecule has 3 aliphatic rings. The van der Waals surface area contributed by atoms with E-state index in [1.165, 1.54) is 70.8 Å². The van der Waals surface area contributed by atoms with Crippen molar-refractivity contribution in [3.8, 4) is 0 Å². The molecule has 3 heteroatoms. The van der Waals surface area contributed by atoms with Crippen molar-refractivity contribution in [1.29, 1.82) is 0 Å². The molecule has 122 valence electrons. The fraction of sp³-hybridized carbons (Fsp3) is 1.00. The summed E-state index contributed by atoms with van der Waals surface area (Å²) in [5.41, 5.74) is 6.35. The summed E-state index contributed by atoms with van der Waals surface area (Å²) in [6.45, 7) is 5.49. The molecule has 3 atom stereocenters. The smallest absolute Gasteiger partial charge is 0.0710 e. The van der Waals surface area contributed by atoms with Crippen molar-refractivity contribution in [2.45, 2.75) is 88.9 Å². The molecular formula is C18H34N2O. The lowest BCUT2D eigenvalue weighted by molar-refractivity contribution is -0.0791. The highest BCUT2D eigenvalue weighted by Crippen LogP contribution is 2.42. The van der Waals surface area contributed by atoms with Gasteiger partial charge in [0, 0.05) is 19.1 Å². The van der Waals surface area contributed by atoms with E-state index in [-0.39, 0.29) is 5.60 Å². The molecule has 0 bridgehead atoms. The van der Waals surface area contributed by atoms with Gasteiger partial charge < -0.3 is 10.5 Å². The zero-order chi connectivity index (χ0) is 14.7. The molecule has 3 nitrogen and oxygen atoms in total. The number of hydrogen-bond acceptors (Lipinski definition) is 3. The van der Waals surface area contributed by atoms with Crippen molar-refractivity contribution in [2.24, 2.45) is 11.7 Å². The molecule has 3 unspecified atom stereocenters. The minimum atomic E-state index is 0.265. The zero-order valence-corrected chi connectivity index (χ0v) is 13.9. The van der Waals surface area contributed by atoms with Crippen LogP contribution < -0.4 is 5.73 Å². The Kier molecular flexibility index (Phi) is 5.23. The molecular weight excluding hydrogens is 260 g/mol. The summed E-state index contributed by atoms with van der Waals surface area (Å²) in [5, 5.41) is 0. The van der Waals surface area contributed by atoms with Crippen LogP contribution >= 0.6 is 0 Å². The van der Waals surface area contributed by atoms with Crippen molar-refractivity contribution < 1.29 is 4.74 Å². The molecule has 2 heterocycles. The van der Waals surface area contributed by atoms with Crippen molar-refractivity contribution >= 4 is 0 Å². The van der Waals surface area contributed by atoms with E-state index >= 15 is 0 Å². The van der Waals surface area contributed by atoms with E-state index in [1.807, 2.05) is 0 Å². The molecule has 2 N–H and O–H groups in total. The maximum Gasteiger partial charge on any atom is 0.0710 e. The predicted octanol–water partition coefficient (Wildman–Crippen LogP) is 3.32. The SMILES string of the molecule is CCC1CCCN(CC2CCC3(CCCCC3)O2)C1CN. The third-order valence-corrected chi connectivity index (χ3v) is 6.34. The van der Waals surface area contributed by atoms with Crippen molar-refractivity contribution in [3.63, 3.8) is 0 Å². The first-order valence-corrected chi connectivity index (χ1v) is 9.38. The summed E-state index contributed by atoms with van der Waals surface area (Å²) >= 11 is 0. The Balaban J connectivity index is 1.56. The second kappa shape index (κ2) is 6.97. The summed E-state index contributed by atoms with van der Waals surface area (Å²) in [6.07, 6.45) is 13.8. The van der Waals surface area contributed by atoms with Gasteiger partial charge in [-0.25, -0.2) is 0 Å². The summed E-state index contributed by atoms with van der Waals surface area (Å²) < 4.78 is 6.57. The fourth-order valence-electron chi connectivity index (χ4n) is 5.11. The molecule has 1 saturated carbocycles. The Morgan fingerprint density at radius 3 is 2.62 bits per heavy atom. The van der Waals surface area contributed by atoms with Gasteiger partial charge in [-0.3, -0.25) is 4.90 Å². The maximum atomic E-state index is 6.57. The van der Waals surface area contributed by atoms with E-state index < -0.39 is 0 Å². The van der Waals surface area contributed by atoms with Crippen LogP contribution in [0, 0.1) is 5.92 Å². The van der Waals surface area contributed by atoms with Gasteiger partial charge in [-0.1, -0.05) is 32.6 Å². The first-order valence-electron chi connectivity index (χ1n) is 9.38. The number of rotatable bonds is 4. The first-order chi connectivity index (χ1) is 10.3. The van der Waals surface area contributed by atoms with Crippen LogP contribution in [0.4, 0.5) is 0 Å². The van der Waals surface area contributed by atoms with Crippen LogP contribution in [0.15, 0.2) is 0 Å². The van der Waals surface area contributed by atoms with Crippen LogP contribution in [-0.2, 0) is 4.74 Å². The van der Waals surface area contributed by atoms with E-state index in [2.05, 4.69) is 11.8 Å². The zero-order valence-electron chi connectivity index (χ0n) is 13.9. The van der Waals surface area contributed by atoms with Gasteiger partial charge in [0.05, 0.1) is 11.7 Å². The van der Waals surface area contributed by atoms with E-state index in [9.17, 15) is 0 Å².